The SMILES string of the molecule is O=C(O)CC1(NC(=O)COc2ccc(Oc3ccccn3)cc2)CCOCC1. The highest BCUT2D eigenvalue weighted by atomic mass is 16.5. The average molecular weight is 386 g/mol. The third-order valence-corrected chi connectivity index (χ3v) is 4.40. The van der Waals surface area contributed by atoms with Crippen LogP contribution < -0.4 is 14.8 Å². The lowest BCUT2D eigenvalue weighted by molar-refractivity contribution is -0.140. The topological polar surface area (TPSA) is 107 Å². The van der Waals surface area contributed by atoms with Gasteiger partial charge in [0.15, 0.2) is 6.61 Å². The van der Waals surface area contributed by atoms with Crippen molar-refractivity contribution in [2.24, 2.45) is 0 Å². The van der Waals surface area contributed by atoms with E-state index in [0.717, 1.165) is 0 Å². The molecule has 2 N–H and O–H groups in total. The lowest BCUT2D eigenvalue weighted by atomic mass is 9.86. The molecule has 28 heavy (non-hydrogen) atoms. The van der Waals surface area contributed by atoms with Gasteiger partial charge in [-0.1, -0.05) is 6.07 Å². The first-order valence-corrected chi connectivity index (χ1v) is 8.97. The van der Waals surface area contributed by atoms with Crippen molar-refractivity contribution >= 4 is 11.9 Å². The number of pyridine rings is 1. The van der Waals surface area contributed by atoms with Gasteiger partial charge >= 0.3 is 5.97 Å². The van der Waals surface area contributed by atoms with Crippen molar-refractivity contribution in [3.05, 3.63) is 48.7 Å². The van der Waals surface area contributed by atoms with E-state index in [0.29, 0.717) is 43.4 Å². The van der Waals surface area contributed by atoms with Crippen LogP contribution >= 0.6 is 0 Å². The molecule has 0 radical (unpaired) electrons. The van der Waals surface area contributed by atoms with Crippen molar-refractivity contribution in [1.29, 1.82) is 0 Å². The third-order valence-electron chi connectivity index (χ3n) is 4.40. The monoisotopic (exact) mass is 386 g/mol. The molecule has 3 rings (SSSR count). The number of hydrogen-bond donors (Lipinski definition) is 2. The fraction of sp³-hybridized carbons (Fsp3) is 0.350. The van der Waals surface area contributed by atoms with Crippen LogP contribution in [0, 0.1) is 0 Å². The van der Waals surface area contributed by atoms with E-state index >= 15 is 0 Å². The molecule has 2 heterocycles. The number of carbonyl (C=O) groups excluding carboxylic acids is 1. The first-order valence-electron chi connectivity index (χ1n) is 8.97. The summed E-state index contributed by atoms with van der Waals surface area (Å²) in [6.45, 7) is 0.640. The highest BCUT2D eigenvalue weighted by Gasteiger charge is 2.36. The number of carboxylic acids is 1. The minimum atomic E-state index is -0.952. The molecule has 2 aromatic rings. The second kappa shape index (κ2) is 9.18. The fourth-order valence-electron chi connectivity index (χ4n) is 3.01. The minimum absolute atomic E-state index is 0.137. The van der Waals surface area contributed by atoms with Gasteiger partial charge < -0.3 is 24.6 Å². The van der Waals surface area contributed by atoms with Crippen LogP contribution in [0.25, 0.3) is 0 Å². The number of carbonyl (C=O) groups is 2. The summed E-state index contributed by atoms with van der Waals surface area (Å²) in [7, 11) is 0. The number of nitrogens with one attached hydrogen (secondary N) is 1. The molecule has 0 atom stereocenters. The van der Waals surface area contributed by atoms with Crippen molar-refractivity contribution < 1.29 is 28.9 Å². The fourth-order valence-corrected chi connectivity index (χ4v) is 3.01. The van der Waals surface area contributed by atoms with Crippen molar-refractivity contribution in [3.8, 4) is 17.4 Å². The van der Waals surface area contributed by atoms with Gasteiger partial charge in [0.05, 0.1) is 12.0 Å². The molecular weight excluding hydrogens is 364 g/mol. The van der Waals surface area contributed by atoms with E-state index in [1.165, 1.54) is 0 Å². The number of rotatable bonds is 8. The number of amides is 1. The molecule has 1 fully saturated rings. The van der Waals surface area contributed by atoms with E-state index in [1.54, 1.807) is 42.6 Å². The number of hydrogen-bond acceptors (Lipinski definition) is 6. The smallest absolute Gasteiger partial charge is 0.305 e. The molecule has 0 bridgehead atoms. The molecule has 0 unspecified atom stereocenters. The van der Waals surface area contributed by atoms with E-state index in [1.807, 2.05) is 6.07 Å². The average Bonchev–Trinajstić information content (AvgIpc) is 2.68. The van der Waals surface area contributed by atoms with Gasteiger partial charge in [-0.25, -0.2) is 4.98 Å². The Morgan fingerprint density at radius 2 is 1.82 bits per heavy atom. The molecule has 0 spiro atoms. The summed E-state index contributed by atoms with van der Waals surface area (Å²) in [6, 6.07) is 12.2. The predicted octanol–water partition coefficient (Wildman–Crippen LogP) is 2.39. The summed E-state index contributed by atoms with van der Waals surface area (Å²) >= 11 is 0. The number of carboxylic acid groups (broad SMARTS) is 1. The first-order chi connectivity index (χ1) is 13.5. The van der Waals surface area contributed by atoms with E-state index < -0.39 is 11.5 Å². The molecule has 0 aliphatic carbocycles. The van der Waals surface area contributed by atoms with Crippen molar-refractivity contribution in [2.45, 2.75) is 24.8 Å². The van der Waals surface area contributed by atoms with Gasteiger partial charge in [0.25, 0.3) is 5.91 Å². The second-order valence-electron chi connectivity index (χ2n) is 6.54. The van der Waals surface area contributed by atoms with Crippen molar-refractivity contribution in [1.82, 2.24) is 10.3 Å². The van der Waals surface area contributed by atoms with Crippen molar-refractivity contribution in [2.75, 3.05) is 19.8 Å². The molecule has 8 nitrogen and oxygen atoms in total. The van der Waals surface area contributed by atoms with Gasteiger partial charge in [0, 0.05) is 25.5 Å². The minimum Gasteiger partial charge on any atom is -0.484 e. The van der Waals surface area contributed by atoms with E-state index in [4.69, 9.17) is 19.3 Å². The maximum atomic E-state index is 12.3. The number of benzene rings is 1. The number of ether oxygens (including phenoxy) is 3. The largest absolute Gasteiger partial charge is 0.484 e. The van der Waals surface area contributed by atoms with Gasteiger partial charge in [-0.05, 0) is 43.2 Å². The maximum absolute atomic E-state index is 12.3. The Kier molecular flexibility index (Phi) is 6.44. The van der Waals surface area contributed by atoms with Crippen LogP contribution in [0.15, 0.2) is 48.7 Å². The summed E-state index contributed by atoms with van der Waals surface area (Å²) < 4.78 is 16.4. The van der Waals surface area contributed by atoms with Crippen LogP contribution in [0.2, 0.25) is 0 Å². The zero-order chi connectivity index (χ0) is 19.8. The van der Waals surface area contributed by atoms with Gasteiger partial charge in [0.2, 0.25) is 5.88 Å². The summed E-state index contributed by atoms with van der Waals surface area (Å²) in [5.74, 6) is 0.264. The molecule has 1 amide bonds. The molecular formula is C20H22N2O6. The van der Waals surface area contributed by atoms with Gasteiger partial charge in [-0.15, -0.1) is 0 Å². The lowest BCUT2D eigenvalue weighted by Gasteiger charge is -2.36. The predicted molar refractivity (Wildman–Crippen MR) is 99.4 cm³/mol. The molecule has 8 heteroatoms. The van der Waals surface area contributed by atoms with Crippen LogP contribution in [-0.4, -0.2) is 47.3 Å². The van der Waals surface area contributed by atoms with E-state index in [9.17, 15) is 9.59 Å². The summed E-state index contributed by atoms with van der Waals surface area (Å²) in [5, 5.41) is 12.0. The Morgan fingerprint density at radius 3 is 2.46 bits per heavy atom. The summed E-state index contributed by atoms with van der Waals surface area (Å²) in [5.41, 5.74) is -0.787. The molecule has 1 aliphatic heterocycles. The van der Waals surface area contributed by atoms with Crippen LogP contribution in [0.1, 0.15) is 19.3 Å². The molecule has 1 aromatic carbocycles. The van der Waals surface area contributed by atoms with Crippen LogP contribution in [-0.2, 0) is 14.3 Å². The Hall–Kier alpha value is -3.13. The Balaban J connectivity index is 1.51. The standard InChI is InChI=1S/C20H22N2O6/c23-17(22-20(13-19(24)25)8-11-26-12-9-20)14-27-15-4-6-16(7-5-15)28-18-3-1-2-10-21-18/h1-7,10H,8-9,11-14H2,(H,22,23)(H,24,25). The Morgan fingerprint density at radius 1 is 1.11 bits per heavy atom. The molecule has 0 saturated carbocycles. The molecule has 1 saturated heterocycles. The highest BCUT2D eigenvalue weighted by Crippen LogP contribution is 2.25. The van der Waals surface area contributed by atoms with Gasteiger partial charge in [-0.2, -0.15) is 0 Å². The first kappa shape index (κ1) is 19.6. The van der Waals surface area contributed by atoms with Crippen LogP contribution in [0.4, 0.5) is 0 Å². The summed E-state index contributed by atoms with van der Waals surface area (Å²) in [6.07, 6.45) is 2.43. The maximum Gasteiger partial charge on any atom is 0.305 e. The normalized spacial score (nSPS) is 15.4. The van der Waals surface area contributed by atoms with Crippen molar-refractivity contribution in [3.63, 3.8) is 0 Å². The Bertz CT molecular complexity index is 788. The second-order valence-corrected chi connectivity index (χ2v) is 6.54. The van der Waals surface area contributed by atoms with Gasteiger partial charge in [-0.3, -0.25) is 9.59 Å². The Labute approximate surface area is 162 Å². The molecule has 148 valence electrons. The quantitative estimate of drug-likeness (QED) is 0.717. The zero-order valence-corrected chi connectivity index (χ0v) is 15.3. The molecule has 1 aromatic heterocycles. The third kappa shape index (κ3) is 5.68. The zero-order valence-electron chi connectivity index (χ0n) is 15.3. The van der Waals surface area contributed by atoms with Gasteiger partial charge in [0.1, 0.15) is 11.5 Å². The highest BCUT2D eigenvalue weighted by molar-refractivity contribution is 5.79. The number of aromatic nitrogens is 1. The van der Waals surface area contributed by atoms with Crippen LogP contribution in [0.3, 0.4) is 0 Å². The lowest BCUT2D eigenvalue weighted by Crippen LogP contribution is -2.54. The summed E-state index contributed by atoms with van der Waals surface area (Å²) in [4.78, 5) is 27.5. The van der Waals surface area contributed by atoms with E-state index in [-0.39, 0.29) is 18.9 Å². The number of aliphatic carboxylic acids is 1. The van der Waals surface area contributed by atoms with Crippen LogP contribution in [0.5, 0.6) is 17.4 Å². The number of nitrogens with zero attached hydrogens (tertiary/aromatic N) is 1. The van der Waals surface area contributed by atoms with E-state index in [2.05, 4.69) is 10.3 Å². The molecule has 1 aliphatic rings.